The van der Waals surface area contributed by atoms with Gasteiger partial charge in [-0.05, 0) is 37.5 Å². The zero-order chi connectivity index (χ0) is 20.4. The van der Waals surface area contributed by atoms with E-state index in [1.165, 1.54) is 11.2 Å². The molecule has 1 aromatic carbocycles. The second-order valence-corrected chi connectivity index (χ2v) is 7.45. The highest BCUT2D eigenvalue weighted by Gasteiger charge is 2.46. The fraction of sp³-hybridized carbons (Fsp3) is 0.381. The first kappa shape index (κ1) is 19.0. The highest BCUT2D eigenvalue weighted by atomic mass is 16.2. The zero-order valence-corrected chi connectivity index (χ0v) is 16.2. The summed E-state index contributed by atoms with van der Waals surface area (Å²) in [4.78, 5) is 42.5. The van der Waals surface area contributed by atoms with Crippen LogP contribution in [0.4, 0.5) is 0 Å². The van der Waals surface area contributed by atoms with Crippen LogP contribution in [0.2, 0.25) is 0 Å². The van der Waals surface area contributed by atoms with Crippen molar-refractivity contribution in [1.82, 2.24) is 25.0 Å². The predicted octanol–water partition coefficient (Wildman–Crippen LogP) is 1.79. The standard InChI is InChI=1S/C21H23N5O3/c1-14(15-6-8-16(9-7-15)26-13-22-12-23-26)24-19(27)10-11-25-20(28)17-4-2-3-5-18(17)21(25)29/h2-3,6-9,12-14,17-18H,4-5,10-11H2,1H3,(H,24,27)/t14-,17+,18+/m0/s1. The van der Waals surface area contributed by atoms with Gasteiger partial charge in [-0.15, -0.1) is 0 Å². The van der Waals surface area contributed by atoms with E-state index in [1.54, 1.807) is 11.0 Å². The molecule has 1 saturated heterocycles. The van der Waals surface area contributed by atoms with Crippen LogP contribution in [0.15, 0.2) is 49.1 Å². The molecule has 0 saturated carbocycles. The smallest absolute Gasteiger partial charge is 0.233 e. The Labute approximate surface area is 168 Å². The Morgan fingerprint density at radius 3 is 2.38 bits per heavy atom. The first-order valence-electron chi connectivity index (χ1n) is 9.79. The van der Waals surface area contributed by atoms with E-state index >= 15 is 0 Å². The van der Waals surface area contributed by atoms with Gasteiger partial charge in [-0.3, -0.25) is 19.3 Å². The zero-order valence-electron chi connectivity index (χ0n) is 16.2. The third-order valence-corrected chi connectivity index (χ3v) is 5.62. The van der Waals surface area contributed by atoms with E-state index in [0.717, 1.165) is 11.3 Å². The Morgan fingerprint density at radius 1 is 1.14 bits per heavy atom. The Balaban J connectivity index is 1.30. The van der Waals surface area contributed by atoms with Crippen molar-refractivity contribution in [2.75, 3.05) is 6.54 Å². The summed E-state index contributed by atoms with van der Waals surface area (Å²) in [7, 11) is 0. The topological polar surface area (TPSA) is 97.2 Å². The molecule has 150 valence electrons. The van der Waals surface area contributed by atoms with Gasteiger partial charge < -0.3 is 5.32 Å². The van der Waals surface area contributed by atoms with Crippen LogP contribution in [0.5, 0.6) is 0 Å². The maximum absolute atomic E-state index is 12.5. The molecule has 1 aliphatic carbocycles. The molecule has 2 aromatic rings. The molecule has 0 spiro atoms. The summed E-state index contributed by atoms with van der Waals surface area (Å²) in [6, 6.07) is 7.47. The van der Waals surface area contributed by atoms with Gasteiger partial charge in [0.25, 0.3) is 0 Å². The summed E-state index contributed by atoms with van der Waals surface area (Å²) in [6.07, 6.45) is 8.33. The molecule has 0 unspecified atom stereocenters. The number of benzene rings is 1. The fourth-order valence-electron chi connectivity index (χ4n) is 3.96. The summed E-state index contributed by atoms with van der Waals surface area (Å²) in [5, 5.41) is 7.01. The fourth-order valence-corrected chi connectivity index (χ4v) is 3.96. The van der Waals surface area contributed by atoms with E-state index in [0.29, 0.717) is 12.8 Å². The normalized spacial score (nSPS) is 21.9. The lowest BCUT2D eigenvalue weighted by Gasteiger charge is -2.17. The molecule has 1 fully saturated rings. The number of nitrogens with one attached hydrogen (secondary N) is 1. The maximum Gasteiger partial charge on any atom is 0.233 e. The van der Waals surface area contributed by atoms with Crippen LogP contribution in [0.25, 0.3) is 5.69 Å². The number of hydrogen-bond acceptors (Lipinski definition) is 5. The van der Waals surface area contributed by atoms with Crippen LogP contribution in [-0.4, -0.2) is 43.9 Å². The van der Waals surface area contributed by atoms with Gasteiger partial charge in [0.15, 0.2) is 0 Å². The van der Waals surface area contributed by atoms with E-state index in [4.69, 9.17) is 0 Å². The van der Waals surface area contributed by atoms with Crippen LogP contribution in [-0.2, 0) is 14.4 Å². The number of rotatable bonds is 6. The van der Waals surface area contributed by atoms with Crippen molar-refractivity contribution in [3.05, 3.63) is 54.6 Å². The molecule has 4 rings (SSSR count). The van der Waals surface area contributed by atoms with E-state index in [9.17, 15) is 14.4 Å². The monoisotopic (exact) mass is 393 g/mol. The lowest BCUT2D eigenvalue weighted by Crippen LogP contribution is -2.36. The van der Waals surface area contributed by atoms with Crippen molar-refractivity contribution in [1.29, 1.82) is 0 Å². The molecule has 3 atom stereocenters. The quantitative estimate of drug-likeness (QED) is 0.596. The third kappa shape index (κ3) is 3.83. The molecule has 0 bridgehead atoms. The molecular formula is C21H23N5O3. The van der Waals surface area contributed by atoms with Crippen LogP contribution in [0.3, 0.4) is 0 Å². The van der Waals surface area contributed by atoms with Gasteiger partial charge in [-0.1, -0.05) is 24.3 Å². The molecule has 1 N–H and O–H groups in total. The van der Waals surface area contributed by atoms with Gasteiger partial charge in [-0.25, -0.2) is 9.67 Å². The van der Waals surface area contributed by atoms with Crippen molar-refractivity contribution < 1.29 is 14.4 Å². The SMILES string of the molecule is C[C@H](NC(=O)CCN1C(=O)[C@@H]2CC=CC[C@H]2C1=O)c1ccc(-n2cncn2)cc1. The number of nitrogens with zero attached hydrogens (tertiary/aromatic N) is 4. The van der Waals surface area contributed by atoms with Crippen molar-refractivity contribution in [3.63, 3.8) is 0 Å². The molecule has 1 aliphatic heterocycles. The van der Waals surface area contributed by atoms with Crippen LogP contribution in [0, 0.1) is 11.8 Å². The molecule has 2 aliphatic rings. The number of fused-ring (bicyclic) bond motifs is 1. The van der Waals surface area contributed by atoms with Gasteiger partial charge in [0.2, 0.25) is 17.7 Å². The second kappa shape index (κ2) is 7.98. The summed E-state index contributed by atoms with van der Waals surface area (Å²) < 4.78 is 1.66. The summed E-state index contributed by atoms with van der Waals surface area (Å²) in [6.45, 7) is 2.03. The van der Waals surface area contributed by atoms with Gasteiger partial charge in [0.05, 0.1) is 23.6 Å². The Kier molecular flexibility index (Phi) is 5.24. The number of allylic oxidation sites excluding steroid dienone is 2. The minimum absolute atomic E-state index is 0.103. The average molecular weight is 393 g/mol. The maximum atomic E-state index is 12.5. The van der Waals surface area contributed by atoms with Gasteiger partial charge >= 0.3 is 0 Å². The Morgan fingerprint density at radius 2 is 1.79 bits per heavy atom. The molecule has 2 heterocycles. The average Bonchev–Trinajstić information content (AvgIpc) is 3.35. The van der Waals surface area contributed by atoms with Crippen molar-refractivity contribution in [3.8, 4) is 5.69 Å². The number of imide groups is 1. The largest absolute Gasteiger partial charge is 0.350 e. The van der Waals surface area contributed by atoms with Gasteiger partial charge in [-0.2, -0.15) is 5.10 Å². The van der Waals surface area contributed by atoms with Crippen molar-refractivity contribution in [2.24, 2.45) is 11.8 Å². The first-order valence-corrected chi connectivity index (χ1v) is 9.79. The highest BCUT2D eigenvalue weighted by Crippen LogP contribution is 2.35. The molecule has 1 aromatic heterocycles. The predicted molar refractivity (Wildman–Crippen MR) is 105 cm³/mol. The summed E-state index contributed by atoms with van der Waals surface area (Å²) in [5.74, 6) is -0.981. The number of hydrogen-bond donors (Lipinski definition) is 1. The number of carbonyl (C=O) groups excluding carboxylic acids is 3. The van der Waals surface area contributed by atoms with Gasteiger partial charge in [0, 0.05) is 13.0 Å². The molecule has 3 amide bonds. The highest BCUT2D eigenvalue weighted by molar-refractivity contribution is 6.05. The van der Waals surface area contributed by atoms with Gasteiger partial charge in [0.1, 0.15) is 12.7 Å². The Hall–Kier alpha value is -3.29. The minimum atomic E-state index is -0.252. The van der Waals surface area contributed by atoms with Crippen LogP contribution >= 0.6 is 0 Å². The second-order valence-electron chi connectivity index (χ2n) is 7.45. The number of aromatic nitrogens is 3. The van der Waals surface area contributed by atoms with Crippen LogP contribution < -0.4 is 5.32 Å². The number of likely N-dealkylation sites (tertiary alicyclic amines) is 1. The van der Waals surface area contributed by atoms with Crippen molar-refractivity contribution >= 4 is 17.7 Å². The molecule has 29 heavy (non-hydrogen) atoms. The van der Waals surface area contributed by atoms with E-state index in [-0.39, 0.29) is 48.6 Å². The molecule has 8 heteroatoms. The molecular weight excluding hydrogens is 370 g/mol. The van der Waals surface area contributed by atoms with Crippen LogP contribution in [0.1, 0.15) is 37.8 Å². The summed E-state index contributed by atoms with van der Waals surface area (Å²) >= 11 is 0. The minimum Gasteiger partial charge on any atom is -0.350 e. The lowest BCUT2D eigenvalue weighted by molar-refractivity contribution is -0.140. The molecule has 0 radical (unpaired) electrons. The number of amides is 3. The van der Waals surface area contributed by atoms with E-state index < -0.39 is 0 Å². The third-order valence-electron chi connectivity index (χ3n) is 5.62. The molecule has 8 nitrogen and oxygen atoms in total. The first-order chi connectivity index (χ1) is 14.0. The summed E-state index contributed by atoms with van der Waals surface area (Å²) in [5.41, 5.74) is 1.83. The lowest BCUT2D eigenvalue weighted by atomic mass is 9.85. The van der Waals surface area contributed by atoms with E-state index in [1.807, 2.05) is 43.3 Å². The van der Waals surface area contributed by atoms with E-state index in [2.05, 4.69) is 15.4 Å². The Bertz CT molecular complexity index is 910. The van der Waals surface area contributed by atoms with Crippen molar-refractivity contribution in [2.45, 2.75) is 32.2 Å². The number of carbonyl (C=O) groups is 3.